The van der Waals surface area contributed by atoms with Gasteiger partial charge in [-0.1, -0.05) is 0 Å². The van der Waals surface area contributed by atoms with Crippen LogP contribution in [0, 0.1) is 0 Å². The molecule has 0 saturated heterocycles. The van der Waals surface area contributed by atoms with Crippen LogP contribution in [-0.4, -0.2) is 40.5 Å². The molecule has 1 aromatic rings. The summed E-state index contributed by atoms with van der Waals surface area (Å²) < 4.78 is 0. The predicted octanol–water partition coefficient (Wildman–Crippen LogP) is 1.76. The second-order valence-corrected chi connectivity index (χ2v) is 5.89. The molecule has 4 N–H and O–H groups in total. The van der Waals surface area contributed by atoms with Crippen molar-refractivity contribution in [2.24, 2.45) is 0 Å². The van der Waals surface area contributed by atoms with Crippen LogP contribution in [0.25, 0.3) is 0 Å². The van der Waals surface area contributed by atoms with Gasteiger partial charge >= 0.3 is 5.97 Å². The number of nitrogens with one attached hydrogen (secondary N) is 2. The minimum absolute atomic E-state index is 0.0154. The van der Waals surface area contributed by atoms with Crippen LogP contribution in [-0.2, 0) is 9.59 Å². The molecule has 1 aliphatic rings. The van der Waals surface area contributed by atoms with E-state index in [1.165, 1.54) is 11.8 Å². The fourth-order valence-electron chi connectivity index (χ4n) is 2.02. The van der Waals surface area contributed by atoms with E-state index in [1.54, 1.807) is 0 Å². The Bertz CT molecular complexity index is 536. The fraction of sp³-hybridized carbons (Fsp3) is 0.429. The third-order valence-corrected chi connectivity index (χ3v) is 4.16. The van der Waals surface area contributed by atoms with Gasteiger partial charge in [-0.2, -0.15) is 0 Å². The van der Waals surface area contributed by atoms with Crippen molar-refractivity contribution in [1.82, 2.24) is 0 Å². The summed E-state index contributed by atoms with van der Waals surface area (Å²) in [6, 6.07) is 5.66. The molecule has 21 heavy (non-hydrogen) atoms. The van der Waals surface area contributed by atoms with Crippen LogP contribution in [0.4, 0.5) is 11.4 Å². The number of carbonyl (C=O) groups excluding carboxylic acids is 1. The summed E-state index contributed by atoms with van der Waals surface area (Å²) in [5, 5.41) is 24.2. The molecule has 0 aliphatic carbocycles. The fourth-order valence-corrected chi connectivity index (χ4v) is 2.81. The molecule has 0 aromatic heterocycles. The first-order valence-electron chi connectivity index (χ1n) is 6.75. The molecule has 1 aromatic carbocycles. The highest BCUT2D eigenvalue weighted by Gasteiger charge is 2.15. The Labute approximate surface area is 126 Å². The maximum Gasteiger partial charge on any atom is 0.303 e. The minimum atomic E-state index is -0.849. The van der Waals surface area contributed by atoms with E-state index in [1.807, 2.05) is 18.2 Å². The van der Waals surface area contributed by atoms with Gasteiger partial charge in [-0.15, -0.1) is 11.8 Å². The van der Waals surface area contributed by atoms with Gasteiger partial charge in [0.15, 0.2) is 0 Å². The molecule has 0 bridgehead atoms. The number of anilines is 2. The maximum atomic E-state index is 11.3. The predicted molar refractivity (Wildman–Crippen MR) is 81.8 cm³/mol. The van der Waals surface area contributed by atoms with E-state index in [4.69, 9.17) is 5.11 Å². The average Bonchev–Trinajstić information content (AvgIpc) is 2.44. The lowest BCUT2D eigenvalue weighted by Gasteiger charge is -2.18. The molecule has 0 spiro atoms. The Hall–Kier alpha value is -1.73. The number of aliphatic carboxylic acids is 1. The van der Waals surface area contributed by atoms with Gasteiger partial charge in [0.25, 0.3) is 0 Å². The second-order valence-electron chi connectivity index (χ2n) is 4.87. The number of hydrogen-bond donors (Lipinski definition) is 4. The highest BCUT2D eigenvalue weighted by Crippen LogP contribution is 2.33. The van der Waals surface area contributed by atoms with Gasteiger partial charge in [-0.3, -0.25) is 9.59 Å². The SMILES string of the molecule is O=C(O)CCCC(O)CNc1ccc2c(c1)NC(=O)CS2. The van der Waals surface area contributed by atoms with Crippen LogP contribution < -0.4 is 10.6 Å². The first-order valence-corrected chi connectivity index (χ1v) is 7.73. The first kappa shape index (κ1) is 15.7. The zero-order valence-electron chi connectivity index (χ0n) is 11.5. The zero-order chi connectivity index (χ0) is 15.2. The van der Waals surface area contributed by atoms with Crippen molar-refractivity contribution in [1.29, 1.82) is 0 Å². The van der Waals surface area contributed by atoms with E-state index in [9.17, 15) is 14.7 Å². The lowest BCUT2D eigenvalue weighted by atomic mass is 10.1. The van der Waals surface area contributed by atoms with Crippen molar-refractivity contribution in [3.05, 3.63) is 18.2 Å². The Kier molecular flexibility index (Phi) is 5.46. The van der Waals surface area contributed by atoms with Crippen LogP contribution in [0.2, 0.25) is 0 Å². The third kappa shape index (κ3) is 4.95. The van der Waals surface area contributed by atoms with Crippen LogP contribution in [0.15, 0.2) is 23.1 Å². The first-order chi connectivity index (χ1) is 10.0. The highest BCUT2D eigenvalue weighted by atomic mass is 32.2. The molecular weight excluding hydrogens is 292 g/mol. The van der Waals surface area contributed by atoms with Crippen LogP contribution in [0.5, 0.6) is 0 Å². The third-order valence-electron chi connectivity index (χ3n) is 3.08. The largest absolute Gasteiger partial charge is 0.481 e. The summed E-state index contributed by atoms with van der Waals surface area (Å²) in [6.45, 7) is 0.347. The van der Waals surface area contributed by atoms with Gasteiger partial charge in [0.05, 0.1) is 17.5 Å². The number of rotatable bonds is 7. The van der Waals surface area contributed by atoms with Gasteiger partial charge in [-0.05, 0) is 31.0 Å². The second kappa shape index (κ2) is 7.33. The average molecular weight is 310 g/mol. The number of thioether (sulfide) groups is 1. The highest BCUT2D eigenvalue weighted by molar-refractivity contribution is 8.00. The van der Waals surface area contributed by atoms with Gasteiger partial charge in [0.2, 0.25) is 5.91 Å². The number of hydrogen-bond acceptors (Lipinski definition) is 5. The summed E-state index contributed by atoms with van der Waals surface area (Å²) >= 11 is 1.50. The van der Waals surface area contributed by atoms with E-state index in [0.29, 0.717) is 25.1 Å². The van der Waals surface area contributed by atoms with E-state index in [2.05, 4.69) is 10.6 Å². The van der Waals surface area contributed by atoms with Crippen LogP contribution in [0.1, 0.15) is 19.3 Å². The van der Waals surface area contributed by atoms with Crippen molar-refractivity contribution in [3.8, 4) is 0 Å². The Morgan fingerprint density at radius 3 is 3.05 bits per heavy atom. The van der Waals surface area contributed by atoms with Gasteiger partial charge in [0.1, 0.15) is 0 Å². The molecule has 7 heteroatoms. The number of carbonyl (C=O) groups is 2. The van der Waals surface area contributed by atoms with Gasteiger partial charge in [0, 0.05) is 23.5 Å². The molecule has 1 heterocycles. The molecule has 1 aliphatic heterocycles. The van der Waals surface area contributed by atoms with E-state index in [0.717, 1.165) is 16.3 Å². The summed E-state index contributed by atoms with van der Waals surface area (Å²) in [4.78, 5) is 22.8. The Morgan fingerprint density at radius 2 is 2.29 bits per heavy atom. The van der Waals surface area contributed by atoms with Gasteiger partial charge < -0.3 is 20.8 Å². The monoisotopic (exact) mass is 310 g/mol. The number of aliphatic hydroxyl groups is 1. The summed E-state index contributed by atoms with van der Waals surface area (Å²) in [6.07, 6.45) is 0.370. The Balaban J connectivity index is 1.82. The smallest absolute Gasteiger partial charge is 0.303 e. The molecule has 1 atom stereocenters. The van der Waals surface area contributed by atoms with E-state index < -0.39 is 12.1 Å². The van der Waals surface area contributed by atoms with E-state index >= 15 is 0 Å². The quantitative estimate of drug-likeness (QED) is 0.612. The normalized spacial score (nSPS) is 15.0. The summed E-state index contributed by atoms with van der Waals surface area (Å²) in [7, 11) is 0. The molecule has 0 fully saturated rings. The van der Waals surface area contributed by atoms with Crippen LogP contribution in [0.3, 0.4) is 0 Å². The molecule has 6 nitrogen and oxygen atoms in total. The van der Waals surface area contributed by atoms with Crippen LogP contribution >= 0.6 is 11.8 Å². The molecule has 1 amide bonds. The van der Waals surface area contributed by atoms with E-state index in [-0.39, 0.29) is 12.3 Å². The molecule has 114 valence electrons. The van der Waals surface area contributed by atoms with Gasteiger partial charge in [-0.25, -0.2) is 0 Å². The van der Waals surface area contributed by atoms with Crippen molar-refractivity contribution in [2.75, 3.05) is 22.9 Å². The molecular formula is C14H18N2O4S. The topological polar surface area (TPSA) is 98.7 Å². The molecule has 2 rings (SSSR count). The summed E-state index contributed by atoms with van der Waals surface area (Å²) in [5.41, 5.74) is 1.59. The lowest BCUT2D eigenvalue weighted by molar-refractivity contribution is -0.137. The van der Waals surface area contributed by atoms with Crippen molar-refractivity contribution in [2.45, 2.75) is 30.3 Å². The molecule has 0 saturated carbocycles. The Morgan fingerprint density at radius 1 is 1.48 bits per heavy atom. The number of amides is 1. The number of carboxylic acid groups (broad SMARTS) is 1. The lowest BCUT2D eigenvalue weighted by Crippen LogP contribution is -2.21. The minimum Gasteiger partial charge on any atom is -0.481 e. The molecule has 1 unspecified atom stereocenters. The number of benzene rings is 1. The van der Waals surface area contributed by atoms with Crippen molar-refractivity contribution < 1.29 is 19.8 Å². The molecule has 0 radical (unpaired) electrons. The maximum absolute atomic E-state index is 11.3. The van der Waals surface area contributed by atoms with Crippen molar-refractivity contribution >= 4 is 35.0 Å². The van der Waals surface area contributed by atoms with Crippen molar-refractivity contribution in [3.63, 3.8) is 0 Å². The number of carboxylic acids is 1. The standard InChI is InChI=1S/C14H18N2O4S/c17-10(2-1-3-14(19)20)7-15-9-4-5-12-11(6-9)16-13(18)8-21-12/h4-6,10,15,17H,1-3,7-8H2,(H,16,18)(H,19,20). The number of fused-ring (bicyclic) bond motifs is 1. The zero-order valence-corrected chi connectivity index (χ0v) is 12.3. The number of aliphatic hydroxyl groups excluding tert-OH is 1. The summed E-state index contributed by atoms with van der Waals surface area (Å²) in [5.74, 6) is -0.432.